The van der Waals surface area contributed by atoms with Crippen LogP contribution in [0.1, 0.15) is 48.5 Å². The molecule has 0 unspecified atom stereocenters. The maximum atomic E-state index is 12.8. The minimum atomic E-state index is -5.47. The number of nitrogens with one attached hydrogen (secondary N) is 3. The molecule has 1 aromatic heterocycles. The van der Waals surface area contributed by atoms with Crippen LogP contribution in [0.3, 0.4) is 0 Å². The van der Waals surface area contributed by atoms with Gasteiger partial charge in [0.05, 0.1) is 10.9 Å². The summed E-state index contributed by atoms with van der Waals surface area (Å²) in [5, 5.41) is 18.8. The highest BCUT2D eigenvalue weighted by molar-refractivity contribution is 7.92. The summed E-state index contributed by atoms with van der Waals surface area (Å²) in [5.74, 6) is 0.00954. The summed E-state index contributed by atoms with van der Waals surface area (Å²) in [6.45, 7) is 0.991. The van der Waals surface area contributed by atoms with E-state index in [2.05, 4.69) is 15.7 Å². The molecule has 13 heteroatoms. The van der Waals surface area contributed by atoms with Crippen molar-refractivity contribution in [2.45, 2.75) is 54.6 Å². The Bertz CT molecular complexity index is 1190. The van der Waals surface area contributed by atoms with Crippen molar-refractivity contribution in [3.63, 3.8) is 0 Å². The first-order valence-corrected chi connectivity index (χ1v) is 12.8. The minimum absolute atomic E-state index is 0.0784. The lowest BCUT2D eigenvalue weighted by Gasteiger charge is -2.34. The Morgan fingerprint density at radius 2 is 1.89 bits per heavy atom. The van der Waals surface area contributed by atoms with E-state index in [1.54, 1.807) is 4.68 Å². The topological polar surface area (TPSA) is 143 Å². The molecule has 0 radical (unpaired) electrons. The molecule has 2 aliphatic carbocycles. The molecular weight excluding hydrogens is 485 g/mol. The molecule has 4 rings (SSSR count). The number of nitrogens with zero attached hydrogens (tertiary/aromatic N) is 2. The average Bonchev–Trinajstić information content (AvgIpc) is 3.55. The number of amides is 1. The van der Waals surface area contributed by atoms with Crippen LogP contribution < -0.4 is 16.4 Å². The zero-order chi connectivity index (χ0) is 25.4. The van der Waals surface area contributed by atoms with Crippen LogP contribution in [0.5, 0.6) is 0 Å². The quantitative estimate of drug-likeness (QED) is 0.380. The fourth-order valence-electron chi connectivity index (χ4n) is 4.36. The highest BCUT2D eigenvalue weighted by atomic mass is 32.2. The zero-order valence-corrected chi connectivity index (χ0v) is 19.6. The molecule has 5 N–H and O–H groups in total. The number of halogens is 3. The number of alkyl halides is 3. The first-order chi connectivity index (χ1) is 16.5. The highest BCUT2D eigenvalue weighted by Gasteiger charge is 2.46. The van der Waals surface area contributed by atoms with Crippen molar-refractivity contribution in [2.75, 3.05) is 11.9 Å². The molecule has 1 aromatic carbocycles. The van der Waals surface area contributed by atoms with Crippen molar-refractivity contribution < 1.29 is 26.4 Å². The molecule has 190 valence electrons. The van der Waals surface area contributed by atoms with Crippen LogP contribution in [0.15, 0.2) is 35.4 Å². The first kappa shape index (κ1) is 25.2. The van der Waals surface area contributed by atoms with Gasteiger partial charge in [-0.25, -0.2) is 8.42 Å². The number of hydrogen-bond donors (Lipinski definition) is 4. The number of primary amides is 1. The SMILES string of the molecule is N=C[C@H]1C[C@@H](NCC2CC2)CC[C@@H]1n1cc(C(N)=O)c(Nc2ccc(S(=O)(=O)C(F)(F)F)cc2)n1. The van der Waals surface area contributed by atoms with Crippen LogP contribution in [0, 0.1) is 17.2 Å². The van der Waals surface area contributed by atoms with Gasteiger partial charge >= 0.3 is 5.51 Å². The predicted molar refractivity (Wildman–Crippen MR) is 123 cm³/mol. The molecule has 2 aromatic rings. The minimum Gasteiger partial charge on any atom is -0.365 e. The monoisotopic (exact) mass is 512 g/mol. The molecule has 1 amide bonds. The number of aromatic nitrogens is 2. The van der Waals surface area contributed by atoms with E-state index in [0.717, 1.165) is 56.0 Å². The molecular formula is C22H27F3N6O3S. The summed E-state index contributed by atoms with van der Waals surface area (Å²) in [5.41, 5.74) is 0.417. The van der Waals surface area contributed by atoms with E-state index in [4.69, 9.17) is 11.1 Å². The lowest BCUT2D eigenvalue weighted by Crippen LogP contribution is -2.40. The van der Waals surface area contributed by atoms with E-state index < -0.39 is 26.1 Å². The summed E-state index contributed by atoms with van der Waals surface area (Å²) in [4.78, 5) is 11.1. The van der Waals surface area contributed by atoms with Crippen molar-refractivity contribution >= 4 is 33.5 Å². The van der Waals surface area contributed by atoms with E-state index in [9.17, 15) is 26.4 Å². The molecule has 2 saturated carbocycles. The maximum Gasteiger partial charge on any atom is 0.501 e. The third-order valence-electron chi connectivity index (χ3n) is 6.54. The number of hydrogen-bond acceptors (Lipinski definition) is 7. The van der Waals surface area contributed by atoms with Gasteiger partial charge in [0, 0.05) is 30.1 Å². The van der Waals surface area contributed by atoms with Gasteiger partial charge in [0.2, 0.25) is 0 Å². The van der Waals surface area contributed by atoms with Gasteiger partial charge in [-0.3, -0.25) is 9.48 Å². The Kier molecular flexibility index (Phi) is 6.91. The largest absolute Gasteiger partial charge is 0.501 e. The Morgan fingerprint density at radius 1 is 1.20 bits per heavy atom. The summed E-state index contributed by atoms with van der Waals surface area (Å²) >= 11 is 0. The van der Waals surface area contributed by atoms with Crippen LogP contribution in [0.4, 0.5) is 24.7 Å². The van der Waals surface area contributed by atoms with Crippen molar-refractivity contribution in [3.8, 4) is 0 Å². The van der Waals surface area contributed by atoms with Gasteiger partial charge in [-0.15, -0.1) is 0 Å². The number of rotatable bonds is 9. The van der Waals surface area contributed by atoms with Crippen LogP contribution in [-0.2, 0) is 9.84 Å². The Morgan fingerprint density at radius 3 is 2.46 bits per heavy atom. The standard InChI is InChI=1S/C22H27F3N6O3S/c23-22(24,25)35(33,34)17-6-3-15(4-7-17)29-21-18(20(27)32)12-31(30-21)19-8-5-16(9-14(19)10-26)28-11-13-1-2-13/h3-4,6-7,10,12-14,16,19,26,28H,1-2,5,8-9,11H2,(H2,27,32)(H,29,30)/t14-,16+,19+/m1/s1. The second kappa shape index (κ2) is 9.61. The zero-order valence-electron chi connectivity index (χ0n) is 18.8. The Labute approximate surface area is 200 Å². The molecule has 2 aliphatic rings. The van der Waals surface area contributed by atoms with Gasteiger partial charge in [0.1, 0.15) is 5.56 Å². The van der Waals surface area contributed by atoms with Crippen molar-refractivity contribution in [1.29, 1.82) is 5.41 Å². The molecule has 35 heavy (non-hydrogen) atoms. The molecule has 1 heterocycles. The normalized spacial score (nSPS) is 23.1. The number of nitrogens with two attached hydrogens (primary N) is 1. The van der Waals surface area contributed by atoms with Gasteiger partial charge in [0.25, 0.3) is 15.7 Å². The van der Waals surface area contributed by atoms with E-state index in [1.165, 1.54) is 25.3 Å². The average molecular weight is 513 g/mol. The smallest absolute Gasteiger partial charge is 0.365 e. The van der Waals surface area contributed by atoms with Gasteiger partial charge in [-0.2, -0.15) is 18.3 Å². The fourth-order valence-corrected chi connectivity index (χ4v) is 5.12. The second-order valence-corrected chi connectivity index (χ2v) is 11.0. The third-order valence-corrected chi connectivity index (χ3v) is 8.04. The first-order valence-electron chi connectivity index (χ1n) is 11.3. The summed E-state index contributed by atoms with van der Waals surface area (Å²) in [7, 11) is -5.47. The van der Waals surface area contributed by atoms with Gasteiger partial charge in [-0.05, 0) is 68.8 Å². The number of sulfone groups is 1. The van der Waals surface area contributed by atoms with Crippen LogP contribution in [0.2, 0.25) is 0 Å². The van der Waals surface area contributed by atoms with Crippen molar-refractivity contribution in [2.24, 2.45) is 17.6 Å². The summed E-state index contributed by atoms with van der Waals surface area (Å²) < 4.78 is 63.0. The molecule has 0 bridgehead atoms. The molecule has 0 saturated heterocycles. The van der Waals surface area contributed by atoms with Gasteiger partial charge in [-0.1, -0.05) is 0 Å². The summed E-state index contributed by atoms with van der Waals surface area (Å²) in [6, 6.07) is 4.12. The molecule has 3 atom stereocenters. The highest BCUT2D eigenvalue weighted by Crippen LogP contribution is 2.36. The number of carbonyl (C=O) groups excluding carboxylic acids is 1. The van der Waals surface area contributed by atoms with Gasteiger partial charge in [0.15, 0.2) is 5.82 Å². The molecule has 9 nitrogen and oxygen atoms in total. The summed E-state index contributed by atoms with van der Waals surface area (Å²) in [6.07, 6.45) is 7.83. The number of carbonyl (C=O) groups is 1. The Hall–Kier alpha value is -2.93. The van der Waals surface area contributed by atoms with Crippen LogP contribution in [-0.4, -0.2) is 48.4 Å². The predicted octanol–water partition coefficient (Wildman–Crippen LogP) is 3.38. The van der Waals surface area contributed by atoms with E-state index in [-0.39, 0.29) is 29.0 Å². The second-order valence-electron chi connectivity index (χ2n) is 9.09. The fraction of sp³-hybridized carbons (Fsp3) is 0.500. The lowest BCUT2D eigenvalue weighted by molar-refractivity contribution is -0.0436. The van der Waals surface area contributed by atoms with Crippen molar-refractivity contribution in [1.82, 2.24) is 15.1 Å². The number of benzene rings is 1. The number of anilines is 2. The maximum absolute atomic E-state index is 12.8. The third kappa shape index (κ3) is 5.50. The Balaban J connectivity index is 1.51. The molecule has 0 spiro atoms. The molecule has 0 aliphatic heterocycles. The van der Waals surface area contributed by atoms with Crippen molar-refractivity contribution in [3.05, 3.63) is 36.0 Å². The van der Waals surface area contributed by atoms with E-state index >= 15 is 0 Å². The molecule has 2 fully saturated rings. The van der Waals surface area contributed by atoms with E-state index in [0.29, 0.717) is 6.04 Å². The van der Waals surface area contributed by atoms with Crippen LogP contribution in [0.25, 0.3) is 0 Å². The van der Waals surface area contributed by atoms with E-state index in [1.807, 2.05) is 0 Å². The lowest BCUT2D eigenvalue weighted by atomic mass is 9.82. The van der Waals surface area contributed by atoms with Gasteiger partial charge < -0.3 is 21.8 Å². The van der Waals surface area contributed by atoms with Crippen LogP contribution >= 0.6 is 0 Å².